The van der Waals surface area contributed by atoms with Crippen molar-refractivity contribution in [1.29, 1.82) is 0 Å². The van der Waals surface area contributed by atoms with Gasteiger partial charge in [-0.3, -0.25) is 0 Å². The number of halogens is 2. The molecule has 78 valence electrons. The van der Waals surface area contributed by atoms with E-state index >= 15 is 0 Å². The summed E-state index contributed by atoms with van der Waals surface area (Å²) < 4.78 is 5.14. The normalized spacial score (nSPS) is 12.6. The number of nitrogens with one attached hydrogen (secondary N) is 1. The number of nitrogens with two attached hydrogens (primary N) is 1. The molecule has 0 aliphatic carbocycles. The molecule has 0 radical (unpaired) electrons. The third-order valence-electron chi connectivity index (χ3n) is 1.89. The van der Waals surface area contributed by atoms with Gasteiger partial charge in [-0.1, -0.05) is 23.2 Å². The van der Waals surface area contributed by atoms with Crippen LogP contribution in [0.15, 0.2) is 12.1 Å². The van der Waals surface area contributed by atoms with E-state index in [0.29, 0.717) is 15.8 Å². The summed E-state index contributed by atoms with van der Waals surface area (Å²) in [5.74, 6) is 0.554. The number of rotatable bonds is 3. The molecule has 0 fully saturated rings. The van der Waals surface area contributed by atoms with Crippen molar-refractivity contribution in [3.05, 3.63) is 27.7 Å². The minimum Gasteiger partial charge on any atom is -0.495 e. The third-order valence-corrected chi connectivity index (χ3v) is 2.39. The number of benzene rings is 1. The molecular formula is C9H12Cl2N2O. The highest BCUT2D eigenvalue weighted by Gasteiger charge is 2.14. The zero-order valence-electron chi connectivity index (χ0n) is 7.97. The average molecular weight is 235 g/mol. The van der Waals surface area contributed by atoms with Crippen LogP contribution in [0.1, 0.15) is 11.7 Å². The molecule has 1 unspecified atom stereocenters. The van der Waals surface area contributed by atoms with Crippen LogP contribution in [0.2, 0.25) is 10.0 Å². The van der Waals surface area contributed by atoms with E-state index in [9.17, 15) is 0 Å². The highest BCUT2D eigenvalue weighted by molar-refractivity contribution is 6.35. The van der Waals surface area contributed by atoms with Crippen molar-refractivity contribution in [3.8, 4) is 5.75 Å². The predicted molar refractivity (Wildman–Crippen MR) is 59.0 cm³/mol. The Kier molecular flexibility index (Phi) is 4.01. The lowest BCUT2D eigenvalue weighted by atomic mass is 10.1. The molecule has 1 aromatic rings. The van der Waals surface area contributed by atoms with Crippen LogP contribution in [0.25, 0.3) is 0 Å². The molecule has 0 saturated carbocycles. The second kappa shape index (κ2) is 4.84. The van der Waals surface area contributed by atoms with E-state index in [0.717, 1.165) is 5.56 Å². The van der Waals surface area contributed by atoms with Gasteiger partial charge in [-0.2, -0.15) is 0 Å². The molecular weight excluding hydrogens is 223 g/mol. The minimum absolute atomic E-state index is 0.346. The van der Waals surface area contributed by atoms with Crippen LogP contribution < -0.4 is 15.8 Å². The monoisotopic (exact) mass is 234 g/mol. The molecule has 0 saturated heterocycles. The summed E-state index contributed by atoms with van der Waals surface area (Å²) >= 11 is 11.8. The van der Waals surface area contributed by atoms with E-state index < -0.39 is 0 Å². The van der Waals surface area contributed by atoms with E-state index in [-0.39, 0.29) is 6.17 Å². The lowest BCUT2D eigenvalue weighted by molar-refractivity contribution is 0.403. The topological polar surface area (TPSA) is 47.3 Å². The Morgan fingerprint density at radius 2 is 2.07 bits per heavy atom. The van der Waals surface area contributed by atoms with Gasteiger partial charge in [0.15, 0.2) is 0 Å². The highest BCUT2D eigenvalue weighted by Crippen LogP contribution is 2.34. The SMILES string of the molecule is CNC(N)c1cc(Cl)cc(Cl)c1OC. The number of ether oxygens (including phenoxy) is 1. The first kappa shape index (κ1) is 11.6. The fourth-order valence-electron chi connectivity index (χ4n) is 1.18. The number of hydrogen-bond acceptors (Lipinski definition) is 3. The van der Waals surface area contributed by atoms with E-state index in [2.05, 4.69) is 5.32 Å². The maximum atomic E-state index is 5.94. The van der Waals surface area contributed by atoms with E-state index in [1.807, 2.05) is 0 Å². The molecule has 1 rings (SSSR count). The molecule has 0 amide bonds. The molecule has 0 spiro atoms. The van der Waals surface area contributed by atoms with Gasteiger partial charge in [0.2, 0.25) is 0 Å². The van der Waals surface area contributed by atoms with Crippen molar-refractivity contribution in [3.63, 3.8) is 0 Å². The van der Waals surface area contributed by atoms with Gasteiger partial charge in [0.05, 0.1) is 18.3 Å². The molecule has 0 aliphatic heterocycles. The lowest BCUT2D eigenvalue weighted by Crippen LogP contribution is -2.25. The van der Waals surface area contributed by atoms with Crippen LogP contribution in [-0.2, 0) is 0 Å². The molecule has 0 heterocycles. The van der Waals surface area contributed by atoms with Gasteiger partial charge in [0.1, 0.15) is 5.75 Å². The summed E-state index contributed by atoms with van der Waals surface area (Å²) in [6.45, 7) is 0. The van der Waals surface area contributed by atoms with Crippen LogP contribution in [0.3, 0.4) is 0 Å². The minimum atomic E-state index is -0.346. The van der Waals surface area contributed by atoms with Crippen molar-refractivity contribution >= 4 is 23.2 Å². The van der Waals surface area contributed by atoms with Crippen molar-refractivity contribution < 1.29 is 4.74 Å². The third kappa shape index (κ3) is 2.30. The fraction of sp³-hybridized carbons (Fsp3) is 0.333. The van der Waals surface area contributed by atoms with Crippen LogP contribution in [0, 0.1) is 0 Å². The Hall–Kier alpha value is -0.480. The van der Waals surface area contributed by atoms with Gasteiger partial charge in [0.25, 0.3) is 0 Å². The standard InChI is InChI=1S/C9H12Cl2N2O/c1-13-9(12)6-3-5(10)4-7(11)8(6)14-2/h3-4,9,13H,12H2,1-2H3. The Balaban J connectivity index is 3.24. The molecule has 0 bridgehead atoms. The molecule has 1 aromatic carbocycles. The highest BCUT2D eigenvalue weighted by atomic mass is 35.5. The Morgan fingerprint density at radius 3 is 2.57 bits per heavy atom. The van der Waals surface area contributed by atoms with Crippen LogP contribution in [-0.4, -0.2) is 14.2 Å². The molecule has 3 nitrogen and oxygen atoms in total. The summed E-state index contributed by atoms with van der Waals surface area (Å²) in [5, 5.41) is 3.89. The van der Waals surface area contributed by atoms with Crippen molar-refractivity contribution in [2.24, 2.45) is 5.73 Å². The van der Waals surface area contributed by atoms with Gasteiger partial charge in [-0.25, -0.2) is 0 Å². The summed E-state index contributed by atoms with van der Waals surface area (Å²) in [5.41, 5.74) is 6.54. The van der Waals surface area contributed by atoms with Crippen molar-refractivity contribution in [2.45, 2.75) is 6.17 Å². The summed E-state index contributed by atoms with van der Waals surface area (Å²) in [6.07, 6.45) is -0.346. The Bertz CT molecular complexity index is 331. The quantitative estimate of drug-likeness (QED) is 0.789. The number of methoxy groups -OCH3 is 1. The van der Waals surface area contributed by atoms with Gasteiger partial charge >= 0.3 is 0 Å². The average Bonchev–Trinajstić information content (AvgIpc) is 2.15. The zero-order valence-corrected chi connectivity index (χ0v) is 9.49. The van der Waals surface area contributed by atoms with E-state index in [4.69, 9.17) is 33.7 Å². The molecule has 0 aliphatic rings. The van der Waals surface area contributed by atoms with Crippen molar-refractivity contribution in [1.82, 2.24) is 5.32 Å². The fourth-order valence-corrected chi connectivity index (χ4v) is 1.77. The predicted octanol–water partition coefficient (Wildman–Crippen LogP) is 2.18. The second-order valence-corrected chi connectivity index (χ2v) is 3.62. The van der Waals surface area contributed by atoms with Gasteiger partial charge < -0.3 is 15.8 Å². The van der Waals surface area contributed by atoms with Gasteiger partial charge in [-0.05, 0) is 19.2 Å². The molecule has 1 atom stereocenters. The summed E-state index contributed by atoms with van der Waals surface area (Å²) in [4.78, 5) is 0. The maximum absolute atomic E-state index is 5.94. The molecule has 0 aromatic heterocycles. The maximum Gasteiger partial charge on any atom is 0.143 e. The van der Waals surface area contributed by atoms with Gasteiger partial charge in [0, 0.05) is 10.6 Å². The molecule has 5 heteroatoms. The number of hydrogen-bond donors (Lipinski definition) is 2. The molecule has 14 heavy (non-hydrogen) atoms. The van der Waals surface area contributed by atoms with Crippen molar-refractivity contribution in [2.75, 3.05) is 14.2 Å². The second-order valence-electron chi connectivity index (χ2n) is 2.78. The first-order valence-corrected chi connectivity index (χ1v) is 4.81. The van der Waals surface area contributed by atoms with Crippen LogP contribution >= 0.6 is 23.2 Å². The van der Waals surface area contributed by atoms with Gasteiger partial charge in [-0.15, -0.1) is 0 Å². The van der Waals surface area contributed by atoms with Crippen LogP contribution in [0.4, 0.5) is 0 Å². The Morgan fingerprint density at radius 1 is 1.43 bits per heavy atom. The first-order chi connectivity index (χ1) is 6.60. The smallest absolute Gasteiger partial charge is 0.143 e. The Labute approximate surface area is 93.1 Å². The molecule has 3 N–H and O–H groups in total. The van der Waals surface area contributed by atoms with E-state index in [1.165, 1.54) is 0 Å². The van der Waals surface area contributed by atoms with E-state index in [1.54, 1.807) is 26.3 Å². The zero-order chi connectivity index (χ0) is 10.7. The summed E-state index contributed by atoms with van der Waals surface area (Å²) in [6, 6.07) is 3.35. The lowest BCUT2D eigenvalue weighted by Gasteiger charge is -2.16. The first-order valence-electron chi connectivity index (χ1n) is 4.06. The summed E-state index contributed by atoms with van der Waals surface area (Å²) in [7, 11) is 3.29. The largest absolute Gasteiger partial charge is 0.495 e. The van der Waals surface area contributed by atoms with Crippen LogP contribution in [0.5, 0.6) is 5.75 Å².